The number of hydrogen-bond acceptors (Lipinski definition) is 6. The molecule has 1 aliphatic heterocycles. The molecule has 1 unspecified atom stereocenters. The zero-order valence-corrected chi connectivity index (χ0v) is 18.3. The standard InChI is InChI=1S/C24H25N5O3/c1-15-4-9-21(32-3)20(10-15)29-13-17(12-23(29)30)24(31)28-19-7-5-18(6-8-19)27-22-11-16(2)25-14-26-22/h4-11,14,17H,12-13H2,1-3H3,(H,28,31)(H,25,26,27). The van der Waals surface area contributed by atoms with Gasteiger partial charge in [0.2, 0.25) is 11.8 Å². The van der Waals surface area contributed by atoms with E-state index in [0.717, 1.165) is 16.9 Å². The molecule has 4 rings (SSSR count). The molecule has 32 heavy (non-hydrogen) atoms. The van der Waals surface area contributed by atoms with E-state index in [-0.39, 0.29) is 18.2 Å². The van der Waals surface area contributed by atoms with Gasteiger partial charge in [0.05, 0.1) is 18.7 Å². The number of rotatable bonds is 6. The zero-order valence-electron chi connectivity index (χ0n) is 18.3. The third kappa shape index (κ3) is 4.69. The van der Waals surface area contributed by atoms with Gasteiger partial charge in [-0.2, -0.15) is 0 Å². The summed E-state index contributed by atoms with van der Waals surface area (Å²) in [4.78, 5) is 35.3. The van der Waals surface area contributed by atoms with E-state index >= 15 is 0 Å². The van der Waals surface area contributed by atoms with Crippen LogP contribution in [0, 0.1) is 19.8 Å². The summed E-state index contributed by atoms with van der Waals surface area (Å²) in [6.07, 6.45) is 1.67. The van der Waals surface area contributed by atoms with Gasteiger partial charge in [-0.05, 0) is 55.8 Å². The normalized spacial score (nSPS) is 15.5. The smallest absolute Gasteiger partial charge is 0.229 e. The maximum absolute atomic E-state index is 12.8. The second-order valence-corrected chi connectivity index (χ2v) is 7.82. The maximum Gasteiger partial charge on any atom is 0.229 e. The number of carbonyl (C=O) groups excluding carboxylic acids is 2. The van der Waals surface area contributed by atoms with E-state index in [1.54, 1.807) is 12.0 Å². The highest BCUT2D eigenvalue weighted by molar-refractivity contribution is 6.04. The van der Waals surface area contributed by atoms with E-state index in [1.165, 1.54) is 6.33 Å². The van der Waals surface area contributed by atoms with E-state index in [1.807, 2.05) is 62.4 Å². The van der Waals surface area contributed by atoms with Crippen LogP contribution in [0.3, 0.4) is 0 Å². The van der Waals surface area contributed by atoms with Crippen molar-refractivity contribution in [2.24, 2.45) is 5.92 Å². The lowest BCUT2D eigenvalue weighted by atomic mass is 10.1. The average molecular weight is 431 g/mol. The largest absolute Gasteiger partial charge is 0.495 e. The number of aryl methyl sites for hydroxylation is 2. The Hall–Kier alpha value is -3.94. The summed E-state index contributed by atoms with van der Waals surface area (Å²) in [5.74, 6) is 0.611. The third-order valence-electron chi connectivity index (χ3n) is 5.35. The van der Waals surface area contributed by atoms with Gasteiger partial charge in [0, 0.05) is 36.1 Å². The van der Waals surface area contributed by atoms with Crippen molar-refractivity contribution in [3.63, 3.8) is 0 Å². The maximum atomic E-state index is 12.8. The van der Waals surface area contributed by atoms with Crippen molar-refractivity contribution in [1.29, 1.82) is 0 Å². The molecule has 0 bridgehead atoms. The molecule has 0 spiro atoms. The molecular weight excluding hydrogens is 406 g/mol. The highest BCUT2D eigenvalue weighted by atomic mass is 16.5. The van der Waals surface area contributed by atoms with Crippen LogP contribution in [-0.2, 0) is 9.59 Å². The molecule has 1 aliphatic rings. The number of methoxy groups -OCH3 is 1. The molecule has 2 heterocycles. The summed E-state index contributed by atoms with van der Waals surface area (Å²) in [6, 6.07) is 14.9. The first-order valence-electron chi connectivity index (χ1n) is 10.3. The number of aromatic nitrogens is 2. The SMILES string of the molecule is COc1ccc(C)cc1N1CC(C(=O)Nc2ccc(Nc3cc(C)ncn3)cc2)CC1=O. The van der Waals surface area contributed by atoms with E-state index < -0.39 is 5.92 Å². The van der Waals surface area contributed by atoms with Crippen LogP contribution in [0.1, 0.15) is 17.7 Å². The van der Waals surface area contributed by atoms with Crippen LogP contribution in [0.15, 0.2) is 54.9 Å². The first-order chi connectivity index (χ1) is 15.4. The summed E-state index contributed by atoms with van der Waals surface area (Å²) in [5.41, 5.74) is 4.10. The Morgan fingerprint density at radius 2 is 1.81 bits per heavy atom. The summed E-state index contributed by atoms with van der Waals surface area (Å²) >= 11 is 0. The van der Waals surface area contributed by atoms with Crippen LogP contribution in [0.2, 0.25) is 0 Å². The summed E-state index contributed by atoms with van der Waals surface area (Å²) < 4.78 is 5.40. The second kappa shape index (κ2) is 9.05. The van der Waals surface area contributed by atoms with Gasteiger partial charge in [-0.25, -0.2) is 9.97 Å². The molecule has 2 N–H and O–H groups in total. The Morgan fingerprint density at radius 3 is 2.53 bits per heavy atom. The lowest BCUT2D eigenvalue weighted by Gasteiger charge is -2.20. The minimum atomic E-state index is -0.436. The van der Waals surface area contributed by atoms with Crippen LogP contribution >= 0.6 is 0 Å². The summed E-state index contributed by atoms with van der Waals surface area (Å²) in [6.45, 7) is 4.17. The predicted molar refractivity (Wildman–Crippen MR) is 123 cm³/mol. The average Bonchev–Trinajstić information content (AvgIpc) is 3.17. The van der Waals surface area contributed by atoms with Gasteiger partial charge in [0.1, 0.15) is 17.9 Å². The third-order valence-corrected chi connectivity index (χ3v) is 5.35. The molecular formula is C24H25N5O3. The van der Waals surface area contributed by atoms with E-state index in [9.17, 15) is 9.59 Å². The van der Waals surface area contributed by atoms with Crippen molar-refractivity contribution in [3.05, 3.63) is 66.1 Å². The number of hydrogen-bond donors (Lipinski definition) is 2. The Balaban J connectivity index is 1.40. The van der Waals surface area contributed by atoms with Gasteiger partial charge in [0.25, 0.3) is 0 Å². The molecule has 3 aromatic rings. The van der Waals surface area contributed by atoms with Gasteiger partial charge < -0.3 is 20.3 Å². The van der Waals surface area contributed by atoms with E-state index in [0.29, 0.717) is 29.5 Å². The minimum Gasteiger partial charge on any atom is -0.495 e. The molecule has 0 radical (unpaired) electrons. The zero-order chi connectivity index (χ0) is 22.7. The van der Waals surface area contributed by atoms with Crippen LogP contribution in [0.4, 0.5) is 22.9 Å². The molecule has 1 fully saturated rings. The Labute approximate surface area is 186 Å². The van der Waals surface area contributed by atoms with E-state index in [4.69, 9.17) is 4.74 Å². The molecule has 8 nitrogen and oxygen atoms in total. The molecule has 0 saturated carbocycles. The molecule has 2 amide bonds. The van der Waals surface area contributed by atoms with Crippen molar-refractivity contribution in [3.8, 4) is 5.75 Å². The number of benzene rings is 2. The number of nitrogens with zero attached hydrogens (tertiary/aromatic N) is 3. The van der Waals surface area contributed by atoms with Crippen molar-refractivity contribution < 1.29 is 14.3 Å². The summed E-state index contributed by atoms with van der Waals surface area (Å²) in [5, 5.41) is 6.11. The molecule has 8 heteroatoms. The van der Waals surface area contributed by atoms with Crippen LogP contribution in [-0.4, -0.2) is 35.4 Å². The topological polar surface area (TPSA) is 96.5 Å². The molecule has 1 saturated heterocycles. The molecule has 0 aliphatic carbocycles. The number of carbonyl (C=O) groups is 2. The Morgan fingerprint density at radius 1 is 1.06 bits per heavy atom. The number of anilines is 4. The number of nitrogens with one attached hydrogen (secondary N) is 2. The molecule has 164 valence electrons. The van der Waals surface area contributed by atoms with Crippen molar-refractivity contribution >= 4 is 34.7 Å². The first-order valence-corrected chi connectivity index (χ1v) is 10.3. The fourth-order valence-electron chi connectivity index (χ4n) is 3.68. The molecule has 1 atom stereocenters. The highest BCUT2D eigenvalue weighted by Crippen LogP contribution is 2.34. The fourth-order valence-corrected chi connectivity index (χ4v) is 3.68. The Kier molecular flexibility index (Phi) is 6.02. The van der Waals surface area contributed by atoms with Gasteiger partial charge in [0.15, 0.2) is 0 Å². The van der Waals surface area contributed by atoms with Crippen LogP contribution < -0.4 is 20.3 Å². The monoisotopic (exact) mass is 431 g/mol. The van der Waals surface area contributed by atoms with Crippen molar-refractivity contribution in [2.45, 2.75) is 20.3 Å². The number of ether oxygens (including phenoxy) is 1. The van der Waals surface area contributed by atoms with Gasteiger partial charge in [-0.3, -0.25) is 9.59 Å². The predicted octanol–water partition coefficient (Wildman–Crippen LogP) is 3.84. The van der Waals surface area contributed by atoms with Crippen molar-refractivity contribution in [1.82, 2.24) is 9.97 Å². The quantitative estimate of drug-likeness (QED) is 0.616. The number of amides is 2. The minimum absolute atomic E-state index is 0.0891. The molecule has 1 aromatic heterocycles. The van der Waals surface area contributed by atoms with Crippen molar-refractivity contribution in [2.75, 3.05) is 29.2 Å². The van der Waals surface area contributed by atoms with Gasteiger partial charge in [-0.15, -0.1) is 0 Å². The first kappa shape index (κ1) is 21.3. The van der Waals surface area contributed by atoms with Crippen LogP contribution in [0.25, 0.3) is 0 Å². The molecule has 2 aromatic carbocycles. The fraction of sp³-hybridized carbons (Fsp3) is 0.250. The van der Waals surface area contributed by atoms with Crippen LogP contribution in [0.5, 0.6) is 5.75 Å². The lowest BCUT2D eigenvalue weighted by molar-refractivity contribution is -0.122. The summed E-state index contributed by atoms with van der Waals surface area (Å²) in [7, 11) is 1.57. The van der Waals surface area contributed by atoms with Gasteiger partial charge in [-0.1, -0.05) is 6.07 Å². The highest BCUT2D eigenvalue weighted by Gasteiger charge is 2.36. The second-order valence-electron chi connectivity index (χ2n) is 7.82. The Bertz CT molecular complexity index is 1150. The lowest BCUT2D eigenvalue weighted by Crippen LogP contribution is -2.28. The van der Waals surface area contributed by atoms with E-state index in [2.05, 4.69) is 20.6 Å². The van der Waals surface area contributed by atoms with Gasteiger partial charge >= 0.3 is 0 Å².